The van der Waals surface area contributed by atoms with Gasteiger partial charge in [-0.25, -0.2) is 4.79 Å². The Morgan fingerprint density at radius 3 is 2.45 bits per heavy atom. The first kappa shape index (κ1) is 14.8. The van der Waals surface area contributed by atoms with Crippen molar-refractivity contribution in [2.45, 2.75) is 56.7 Å². The highest BCUT2D eigenvalue weighted by atomic mass is 16.4. The summed E-state index contributed by atoms with van der Waals surface area (Å²) in [5.74, 6) is -2.53. The number of carbonyl (C=O) groups is 3. The van der Waals surface area contributed by atoms with Crippen LogP contribution in [0, 0.1) is 5.92 Å². The molecule has 7 nitrogen and oxygen atoms in total. The first-order valence-corrected chi connectivity index (χ1v) is 6.94. The zero-order chi connectivity index (χ0) is 14.9. The molecule has 0 aromatic heterocycles. The van der Waals surface area contributed by atoms with Gasteiger partial charge in [0.05, 0.1) is 12.5 Å². The van der Waals surface area contributed by atoms with Crippen LogP contribution in [0.25, 0.3) is 0 Å². The van der Waals surface area contributed by atoms with Gasteiger partial charge in [0, 0.05) is 6.04 Å². The molecule has 0 aromatic carbocycles. The topological polar surface area (TPSA) is 121 Å². The zero-order valence-electron chi connectivity index (χ0n) is 11.2. The van der Waals surface area contributed by atoms with E-state index in [9.17, 15) is 19.5 Å². The molecule has 112 valence electrons. The lowest BCUT2D eigenvalue weighted by Gasteiger charge is -2.34. The molecular formula is C13H20N2O5. The molecule has 0 radical (unpaired) electrons. The summed E-state index contributed by atoms with van der Waals surface area (Å²) < 4.78 is 0. The molecule has 0 bridgehead atoms. The highest BCUT2D eigenvalue weighted by Crippen LogP contribution is 2.40. The molecular weight excluding hydrogens is 264 g/mol. The Kier molecular flexibility index (Phi) is 4.27. The summed E-state index contributed by atoms with van der Waals surface area (Å²) in [6, 6.07) is -2.14. The molecule has 0 spiro atoms. The fourth-order valence-corrected chi connectivity index (χ4v) is 3.46. The van der Waals surface area contributed by atoms with Crippen LogP contribution >= 0.6 is 0 Å². The number of nitrogens with two attached hydrogens (primary N) is 1. The summed E-state index contributed by atoms with van der Waals surface area (Å²) in [5.41, 5.74) is 5.62. The van der Waals surface area contributed by atoms with E-state index in [1.165, 1.54) is 4.90 Å². The number of rotatable bonds is 4. The summed E-state index contributed by atoms with van der Waals surface area (Å²) in [5, 5.41) is 18.0. The monoisotopic (exact) mass is 284 g/mol. The highest BCUT2D eigenvalue weighted by Gasteiger charge is 2.48. The van der Waals surface area contributed by atoms with Gasteiger partial charge in [0.1, 0.15) is 6.04 Å². The zero-order valence-corrected chi connectivity index (χ0v) is 11.2. The predicted molar refractivity (Wildman–Crippen MR) is 68.9 cm³/mol. The van der Waals surface area contributed by atoms with Gasteiger partial charge >= 0.3 is 11.9 Å². The molecule has 1 aliphatic heterocycles. The number of likely N-dealkylation sites (tertiary alicyclic amines) is 1. The van der Waals surface area contributed by atoms with Crippen molar-refractivity contribution in [1.82, 2.24) is 4.90 Å². The predicted octanol–water partition coefficient (Wildman–Crippen LogP) is 0.0327. The minimum atomic E-state index is -1.17. The molecule has 4 N–H and O–H groups in total. The second-order valence-electron chi connectivity index (χ2n) is 5.65. The van der Waals surface area contributed by atoms with E-state index in [-0.39, 0.29) is 12.0 Å². The number of fused-ring (bicyclic) bond motifs is 1. The van der Waals surface area contributed by atoms with Crippen molar-refractivity contribution in [3.63, 3.8) is 0 Å². The standard InChI is InChI=1S/C13H20N2O5/c14-8(6-11(16)17)12(18)15-9-4-2-1-3-7(9)5-10(15)13(19)20/h7-10H,1-6,14H2,(H,16,17)(H,19,20). The summed E-state index contributed by atoms with van der Waals surface area (Å²) >= 11 is 0. The van der Waals surface area contributed by atoms with Crippen LogP contribution in [0.4, 0.5) is 0 Å². The lowest BCUT2D eigenvalue weighted by molar-refractivity contribution is -0.151. The van der Waals surface area contributed by atoms with E-state index in [0.29, 0.717) is 6.42 Å². The number of carbonyl (C=O) groups excluding carboxylic acids is 1. The van der Waals surface area contributed by atoms with Crippen LogP contribution in [0.15, 0.2) is 0 Å². The van der Waals surface area contributed by atoms with Gasteiger partial charge in [0.15, 0.2) is 0 Å². The van der Waals surface area contributed by atoms with Crippen LogP contribution in [-0.2, 0) is 14.4 Å². The number of hydrogen-bond donors (Lipinski definition) is 3. The highest BCUT2D eigenvalue weighted by molar-refractivity contribution is 5.90. The number of carboxylic acid groups (broad SMARTS) is 2. The average molecular weight is 284 g/mol. The Hall–Kier alpha value is -1.63. The fourth-order valence-electron chi connectivity index (χ4n) is 3.46. The van der Waals surface area contributed by atoms with Crippen molar-refractivity contribution in [2.24, 2.45) is 11.7 Å². The molecule has 1 saturated carbocycles. The third-order valence-corrected chi connectivity index (χ3v) is 4.34. The first-order chi connectivity index (χ1) is 9.41. The quantitative estimate of drug-likeness (QED) is 0.670. The van der Waals surface area contributed by atoms with Crippen LogP contribution in [0.3, 0.4) is 0 Å². The fraction of sp³-hybridized carbons (Fsp3) is 0.769. The van der Waals surface area contributed by atoms with Gasteiger partial charge in [-0.05, 0) is 25.2 Å². The molecule has 20 heavy (non-hydrogen) atoms. The lowest BCUT2D eigenvalue weighted by atomic mass is 9.84. The van der Waals surface area contributed by atoms with E-state index in [4.69, 9.17) is 10.8 Å². The first-order valence-electron chi connectivity index (χ1n) is 6.94. The molecule has 1 aliphatic carbocycles. The number of hydrogen-bond acceptors (Lipinski definition) is 4. The van der Waals surface area contributed by atoms with E-state index in [2.05, 4.69) is 0 Å². The molecule has 1 saturated heterocycles. The van der Waals surface area contributed by atoms with Crippen molar-refractivity contribution in [2.75, 3.05) is 0 Å². The Labute approximate surface area is 116 Å². The minimum Gasteiger partial charge on any atom is -0.481 e. The number of amides is 1. The molecule has 0 aromatic rings. The Balaban J connectivity index is 2.18. The second-order valence-corrected chi connectivity index (χ2v) is 5.65. The summed E-state index contributed by atoms with van der Waals surface area (Å²) in [6.07, 6.45) is 3.69. The van der Waals surface area contributed by atoms with Crippen molar-refractivity contribution in [3.8, 4) is 0 Å². The summed E-state index contributed by atoms with van der Waals surface area (Å²) in [4.78, 5) is 35.7. The second kappa shape index (κ2) is 5.78. The third-order valence-electron chi connectivity index (χ3n) is 4.34. The van der Waals surface area contributed by atoms with Crippen molar-refractivity contribution in [3.05, 3.63) is 0 Å². The SMILES string of the molecule is NC(CC(=O)O)C(=O)N1C(C(=O)O)CC2CCCCC21. The largest absolute Gasteiger partial charge is 0.481 e. The molecule has 1 amide bonds. The maximum atomic E-state index is 12.3. The van der Waals surface area contributed by atoms with E-state index in [0.717, 1.165) is 25.7 Å². The Morgan fingerprint density at radius 1 is 1.20 bits per heavy atom. The van der Waals surface area contributed by atoms with Gasteiger partial charge in [-0.1, -0.05) is 12.8 Å². The lowest BCUT2D eigenvalue weighted by Crippen LogP contribution is -2.53. The molecule has 7 heteroatoms. The molecule has 2 fully saturated rings. The molecule has 2 aliphatic rings. The van der Waals surface area contributed by atoms with E-state index >= 15 is 0 Å². The molecule has 4 unspecified atom stereocenters. The van der Waals surface area contributed by atoms with E-state index in [1.807, 2.05) is 0 Å². The smallest absolute Gasteiger partial charge is 0.326 e. The van der Waals surface area contributed by atoms with Crippen molar-refractivity contribution < 1.29 is 24.6 Å². The van der Waals surface area contributed by atoms with E-state index < -0.39 is 36.4 Å². The van der Waals surface area contributed by atoms with Gasteiger partial charge in [0.25, 0.3) is 0 Å². The van der Waals surface area contributed by atoms with Gasteiger partial charge < -0.3 is 20.8 Å². The average Bonchev–Trinajstić information content (AvgIpc) is 2.76. The van der Waals surface area contributed by atoms with Gasteiger partial charge in [-0.3, -0.25) is 9.59 Å². The van der Waals surface area contributed by atoms with Crippen LogP contribution in [0.2, 0.25) is 0 Å². The molecule has 4 atom stereocenters. The Morgan fingerprint density at radius 2 is 1.85 bits per heavy atom. The van der Waals surface area contributed by atoms with Gasteiger partial charge in [0.2, 0.25) is 5.91 Å². The van der Waals surface area contributed by atoms with Crippen LogP contribution in [0.1, 0.15) is 38.5 Å². The molecule has 2 rings (SSSR count). The van der Waals surface area contributed by atoms with Crippen molar-refractivity contribution in [1.29, 1.82) is 0 Å². The van der Waals surface area contributed by atoms with E-state index in [1.54, 1.807) is 0 Å². The minimum absolute atomic E-state index is 0.0998. The number of carboxylic acids is 2. The summed E-state index contributed by atoms with van der Waals surface area (Å²) in [7, 11) is 0. The summed E-state index contributed by atoms with van der Waals surface area (Å²) in [6.45, 7) is 0. The maximum Gasteiger partial charge on any atom is 0.326 e. The van der Waals surface area contributed by atoms with Crippen LogP contribution in [-0.4, -0.2) is 51.1 Å². The van der Waals surface area contributed by atoms with Crippen molar-refractivity contribution >= 4 is 17.8 Å². The van der Waals surface area contributed by atoms with Crippen LogP contribution < -0.4 is 5.73 Å². The normalized spacial score (nSPS) is 30.6. The van der Waals surface area contributed by atoms with Crippen LogP contribution in [0.5, 0.6) is 0 Å². The maximum absolute atomic E-state index is 12.3. The number of aliphatic carboxylic acids is 2. The Bertz CT molecular complexity index is 425. The van der Waals surface area contributed by atoms with Gasteiger partial charge in [-0.2, -0.15) is 0 Å². The number of nitrogens with zero attached hydrogens (tertiary/aromatic N) is 1. The third kappa shape index (κ3) is 2.77. The molecule has 1 heterocycles. The van der Waals surface area contributed by atoms with Gasteiger partial charge in [-0.15, -0.1) is 0 Å².